The molecule has 0 radical (unpaired) electrons. The molecule has 5 rings (SSSR count). The van der Waals surface area contributed by atoms with Crippen LogP contribution in [0.15, 0.2) is 36.5 Å². The second-order valence-electron chi connectivity index (χ2n) is 8.46. The van der Waals surface area contributed by atoms with Crippen molar-refractivity contribution in [3.8, 4) is 0 Å². The number of nitrogens with zero attached hydrogens (tertiary/aromatic N) is 5. The van der Waals surface area contributed by atoms with E-state index in [1.54, 1.807) is 6.20 Å². The molecule has 0 bridgehead atoms. The minimum absolute atomic E-state index is 0.0297. The Labute approximate surface area is 181 Å². The van der Waals surface area contributed by atoms with Crippen molar-refractivity contribution in [1.29, 1.82) is 0 Å². The highest BCUT2D eigenvalue weighted by Gasteiger charge is 2.27. The van der Waals surface area contributed by atoms with Crippen LogP contribution in [0.4, 0.5) is 5.82 Å². The summed E-state index contributed by atoms with van der Waals surface area (Å²) in [4.78, 5) is 24.5. The maximum atomic E-state index is 12.5. The van der Waals surface area contributed by atoms with E-state index in [9.17, 15) is 4.79 Å². The molecule has 1 atom stereocenters. The van der Waals surface area contributed by atoms with Crippen molar-refractivity contribution in [1.82, 2.24) is 24.6 Å². The first-order valence-corrected chi connectivity index (χ1v) is 11.0. The van der Waals surface area contributed by atoms with Crippen LogP contribution in [-0.2, 0) is 16.1 Å². The van der Waals surface area contributed by atoms with Crippen LogP contribution < -0.4 is 5.32 Å². The van der Waals surface area contributed by atoms with Gasteiger partial charge in [0.1, 0.15) is 5.82 Å². The molecule has 2 fully saturated rings. The molecule has 1 N–H and O–H groups in total. The van der Waals surface area contributed by atoms with Gasteiger partial charge < -0.3 is 10.1 Å². The Balaban J connectivity index is 1.21. The van der Waals surface area contributed by atoms with Crippen molar-refractivity contribution < 1.29 is 9.53 Å². The molecule has 2 aromatic heterocycles. The second kappa shape index (κ2) is 8.72. The molecule has 4 heterocycles. The molecular formula is C23H28N6O2. The summed E-state index contributed by atoms with van der Waals surface area (Å²) < 4.78 is 7.32. The normalized spacial score (nSPS) is 20.4. The molecule has 0 saturated carbocycles. The molecule has 8 heteroatoms. The largest absolute Gasteiger partial charge is 0.381 e. The topological polar surface area (TPSA) is 85.2 Å². The van der Waals surface area contributed by atoms with Crippen LogP contribution in [0.5, 0.6) is 0 Å². The lowest BCUT2D eigenvalue weighted by molar-refractivity contribution is -0.119. The van der Waals surface area contributed by atoms with Gasteiger partial charge in [0.15, 0.2) is 0 Å². The number of nitrogens with one attached hydrogen (secondary N) is 1. The van der Waals surface area contributed by atoms with Crippen LogP contribution in [0.2, 0.25) is 0 Å². The van der Waals surface area contributed by atoms with Crippen molar-refractivity contribution in [2.45, 2.75) is 38.8 Å². The van der Waals surface area contributed by atoms with Gasteiger partial charge in [0, 0.05) is 32.3 Å². The van der Waals surface area contributed by atoms with E-state index >= 15 is 0 Å². The predicted octanol–water partition coefficient (Wildman–Crippen LogP) is 2.95. The molecule has 162 valence electrons. The number of ether oxygens (including phenoxy) is 1. The van der Waals surface area contributed by atoms with E-state index in [1.165, 1.54) is 0 Å². The fraction of sp³-hybridized carbons (Fsp3) is 0.478. The van der Waals surface area contributed by atoms with Crippen LogP contribution in [0.3, 0.4) is 0 Å². The average Bonchev–Trinajstić information content (AvgIpc) is 3.47. The van der Waals surface area contributed by atoms with Gasteiger partial charge in [-0.2, -0.15) is 5.10 Å². The number of aryl methyl sites for hydroxylation is 1. The highest BCUT2D eigenvalue weighted by molar-refractivity contribution is 5.92. The fourth-order valence-electron chi connectivity index (χ4n) is 4.48. The Morgan fingerprint density at radius 1 is 1.13 bits per heavy atom. The van der Waals surface area contributed by atoms with Crippen LogP contribution >= 0.6 is 0 Å². The van der Waals surface area contributed by atoms with E-state index in [4.69, 9.17) is 14.7 Å². The first-order valence-electron chi connectivity index (χ1n) is 11.0. The van der Waals surface area contributed by atoms with Crippen LogP contribution in [-0.4, -0.2) is 56.9 Å². The zero-order valence-corrected chi connectivity index (χ0v) is 17.8. The third-order valence-electron chi connectivity index (χ3n) is 6.34. The summed E-state index contributed by atoms with van der Waals surface area (Å²) in [7, 11) is 0. The molecule has 2 saturated heterocycles. The van der Waals surface area contributed by atoms with Crippen molar-refractivity contribution in [2.75, 3.05) is 31.6 Å². The smallest absolute Gasteiger partial charge is 0.231 e. The molecule has 2 aliphatic heterocycles. The highest BCUT2D eigenvalue weighted by Crippen LogP contribution is 2.27. The molecule has 31 heavy (non-hydrogen) atoms. The van der Waals surface area contributed by atoms with E-state index in [1.807, 2.05) is 41.9 Å². The van der Waals surface area contributed by atoms with E-state index in [0.717, 1.165) is 67.1 Å². The zero-order chi connectivity index (χ0) is 21.2. The molecule has 3 aromatic rings. The monoisotopic (exact) mass is 420 g/mol. The number of hydrogen-bond acceptors (Lipinski definition) is 6. The lowest BCUT2D eigenvalue weighted by Gasteiger charge is -2.32. The summed E-state index contributed by atoms with van der Waals surface area (Å²) >= 11 is 0. The summed E-state index contributed by atoms with van der Waals surface area (Å²) in [5, 5.41) is 7.56. The number of carbonyl (C=O) groups excluding carboxylic acids is 1. The Morgan fingerprint density at radius 2 is 1.90 bits per heavy atom. The van der Waals surface area contributed by atoms with Gasteiger partial charge in [-0.1, -0.05) is 12.1 Å². The first kappa shape index (κ1) is 20.1. The van der Waals surface area contributed by atoms with E-state index < -0.39 is 0 Å². The number of benzene rings is 1. The second-order valence-corrected chi connectivity index (χ2v) is 8.46. The Kier molecular flexibility index (Phi) is 5.65. The molecule has 1 amide bonds. The molecule has 2 aliphatic rings. The molecule has 1 aromatic carbocycles. The number of anilines is 1. The van der Waals surface area contributed by atoms with Gasteiger partial charge in [0.05, 0.1) is 47.2 Å². The quantitative estimate of drug-likeness (QED) is 0.683. The van der Waals surface area contributed by atoms with Crippen LogP contribution in [0.1, 0.15) is 36.7 Å². The Morgan fingerprint density at radius 3 is 2.65 bits per heavy atom. The summed E-state index contributed by atoms with van der Waals surface area (Å²) in [6.07, 6.45) is 4.52. The third kappa shape index (κ3) is 4.31. The van der Waals surface area contributed by atoms with Gasteiger partial charge >= 0.3 is 0 Å². The van der Waals surface area contributed by atoms with Crippen molar-refractivity contribution in [3.63, 3.8) is 0 Å². The van der Waals surface area contributed by atoms with Crippen molar-refractivity contribution in [2.24, 2.45) is 5.92 Å². The number of rotatable bonds is 5. The SMILES string of the molecule is Cc1nc2ccccc2nc1CN1CCC(n2nccc2NC(=O)C2CCOC2)CC1. The zero-order valence-electron chi connectivity index (χ0n) is 17.8. The third-order valence-corrected chi connectivity index (χ3v) is 6.34. The van der Waals surface area contributed by atoms with Gasteiger partial charge in [-0.25, -0.2) is 14.6 Å². The standard InChI is InChI=1S/C23H28N6O2/c1-16-21(26-20-5-3-2-4-19(20)25-16)14-28-11-7-18(8-12-28)29-22(6-10-24-29)27-23(30)17-9-13-31-15-17/h2-6,10,17-18H,7-9,11-15H2,1H3,(H,27,30). The minimum Gasteiger partial charge on any atom is -0.381 e. The van der Waals surface area contributed by atoms with E-state index in [2.05, 4.69) is 15.3 Å². The number of likely N-dealkylation sites (tertiary alicyclic amines) is 1. The molecule has 0 spiro atoms. The summed E-state index contributed by atoms with van der Waals surface area (Å²) in [6, 6.07) is 10.2. The molecule has 0 aliphatic carbocycles. The highest BCUT2D eigenvalue weighted by atomic mass is 16.5. The molecular weight excluding hydrogens is 392 g/mol. The van der Waals surface area contributed by atoms with Gasteiger partial charge in [-0.05, 0) is 38.3 Å². The van der Waals surface area contributed by atoms with E-state index in [-0.39, 0.29) is 17.9 Å². The molecule has 8 nitrogen and oxygen atoms in total. The maximum absolute atomic E-state index is 12.5. The first-order chi connectivity index (χ1) is 15.2. The average molecular weight is 421 g/mol. The van der Waals surface area contributed by atoms with Gasteiger partial charge in [-0.3, -0.25) is 9.69 Å². The van der Waals surface area contributed by atoms with Crippen molar-refractivity contribution >= 4 is 22.8 Å². The number of hydrogen-bond donors (Lipinski definition) is 1. The van der Waals surface area contributed by atoms with Crippen LogP contribution in [0, 0.1) is 12.8 Å². The summed E-state index contributed by atoms with van der Waals surface area (Å²) in [6.45, 7) is 5.94. The van der Waals surface area contributed by atoms with E-state index in [0.29, 0.717) is 13.2 Å². The van der Waals surface area contributed by atoms with Crippen LogP contribution in [0.25, 0.3) is 11.0 Å². The number of aromatic nitrogens is 4. The number of fused-ring (bicyclic) bond motifs is 1. The maximum Gasteiger partial charge on any atom is 0.231 e. The summed E-state index contributed by atoms with van der Waals surface area (Å²) in [5.41, 5.74) is 3.93. The van der Waals surface area contributed by atoms with Crippen molar-refractivity contribution in [3.05, 3.63) is 47.9 Å². The number of carbonyl (C=O) groups is 1. The van der Waals surface area contributed by atoms with Gasteiger partial charge in [0.25, 0.3) is 0 Å². The number of para-hydroxylation sites is 2. The molecule has 1 unspecified atom stereocenters. The minimum atomic E-state index is -0.0588. The number of amides is 1. The lowest BCUT2D eigenvalue weighted by Crippen LogP contribution is -2.35. The summed E-state index contributed by atoms with van der Waals surface area (Å²) in [5.74, 6) is 0.755. The van der Waals surface area contributed by atoms with Gasteiger partial charge in [0.2, 0.25) is 5.91 Å². The van der Waals surface area contributed by atoms with Gasteiger partial charge in [-0.15, -0.1) is 0 Å². The Hall–Kier alpha value is -2.84. The lowest BCUT2D eigenvalue weighted by atomic mass is 10.0. The predicted molar refractivity (Wildman–Crippen MR) is 118 cm³/mol. The number of piperidine rings is 1. The Bertz CT molecular complexity index is 1070. The fourth-order valence-corrected chi connectivity index (χ4v) is 4.48.